The Morgan fingerprint density at radius 1 is 1.33 bits per heavy atom. The monoisotopic (exact) mass is 309 g/mol. The summed E-state index contributed by atoms with van der Waals surface area (Å²) in [4.78, 5) is 17.2. The van der Waals surface area contributed by atoms with Crippen molar-refractivity contribution >= 4 is 17.5 Å². The second kappa shape index (κ2) is 8.02. The van der Waals surface area contributed by atoms with Gasteiger partial charge in [0.05, 0.1) is 0 Å². The standard InChI is InChI=1S/C16H17ClFNO2/c17-14-9-5-4-8-13(14)15(10-11-18)21-19-16(20)12-6-2-1-3-7-12/h1-3,6-7,13-15H,4-5,8-9H2,(H,19,20). The van der Waals surface area contributed by atoms with E-state index in [1.54, 1.807) is 24.3 Å². The lowest BCUT2D eigenvalue weighted by Crippen LogP contribution is -2.38. The van der Waals surface area contributed by atoms with E-state index < -0.39 is 6.10 Å². The molecule has 21 heavy (non-hydrogen) atoms. The van der Waals surface area contributed by atoms with Crippen LogP contribution in [0.25, 0.3) is 0 Å². The van der Waals surface area contributed by atoms with Gasteiger partial charge in [0.15, 0.2) is 6.10 Å². The van der Waals surface area contributed by atoms with Crippen LogP contribution in [0.4, 0.5) is 4.39 Å². The number of carbonyl (C=O) groups excluding carboxylic acids is 1. The van der Waals surface area contributed by atoms with E-state index in [1.807, 2.05) is 6.07 Å². The Labute approximate surface area is 128 Å². The summed E-state index contributed by atoms with van der Waals surface area (Å²) in [5, 5.41) is -0.113. The first-order valence-electron chi connectivity index (χ1n) is 6.98. The minimum Gasteiger partial charge on any atom is -0.267 e. The fourth-order valence-electron chi connectivity index (χ4n) is 2.50. The molecule has 0 aliphatic heterocycles. The van der Waals surface area contributed by atoms with E-state index in [1.165, 1.54) is 6.17 Å². The molecule has 1 aliphatic rings. The van der Waals surface area contributed by atoms with Gasteiger partial charge in [-0.15, -0.1) is 16.0 Å². The molecule has 0 aromatic heterocycles. The van der Waals surface area contributed by atoms with Gasteiger partial charge in [-0.3, -0.25) is 9.63 Å². The second-order valence-electron chi connectivity index (χ2n) is 5.04. The summed E-state index contributed by atoms with van der Waals surface area (Å²) in [6.07, 6.45) is 4.36. The van der Waals surface area contributed by atoms with Crippen molar-refractivity contribution < 1.29 is 14.0 Å². The molecular formula is C16H17ClFNO2. The molecule has 3 unspecified atom stereocenters. The third kappa shape index (κ3) is 4.45. The van der Waals surface area contributed by atoms with Crippen molar-refractivity contribution in [3.05, 3.63) is 35.9 Å². The molecule has 1 aromatic carbocycles. The van der Waals surface area contributed by atoms with Gasteiger partial charge in [0.2, 0.25) is 0 Å². The predicted octanol–water partition coefficient (Wildman–Crippen LogP) is 3.44. The van der Waals surface area contributed by atoms with E-state index in [2.05, 4.69) is 11.4 Å². The molecule has 1 aliphatic carbocycles. The summed E-state index contributed by atoms with van der Waals surface area (Å²) in [6.45, 7) is 0. The Kier molecular flexibility index (Phi) is 6.04. The number of hydrogen-bond donors (Lipinski definition) is 1. The highest BCUT2D eigenvalue weighted by Crippen LogP contribution is 2.31. The van der Waals surface area contributed by atoms with Crippen LogP contribution in [0.15, 0.2) is 30.3 Å². The zero-order valence-corrected chi connectivity index (χ0v) is 12.3. The van der Waals surface area contributed by atoms with Crippen LogP contribution < -0.4 is 5.48 Å². The van der Waals surface area contributed by atoms with Crippen molar-refractivity contribution in [2.75, 3.05) is 0 Å². The van der Waals surface area contributed by atoms with E-state index in [4.69, 9.17) is 16.4 Å². The molecule has 3 atom stereocenters. The normalized spacial score (nSPS) is 22.8. The number of hydroxylamine groups is 1. The molecular weight excluding hydrogens is 293 g/mol. The third-order valence-corrected chi connectivity index (χ3v) is 4.17. The van der Waals surface area contributed by atoms with Crippen molar-refractivity contribution in [3.63, 3.8) is 0 Å². The largest absolute Gasteiger partial charge is 0.274 e. The second-order valence-corrected chi connectivity index (χ2v) is 5.60. The molecule has 0 bridgehead atoms. The molecule has 3 nitrogen and oxygen atoms in total. The average molecular weight is 310 g/mol. The maximum atomic E-state index is 12.4. The SMILES string of the molecule is O=C(NOC(C#CF)C1CCCCC1Cl)c1ccccc1. The maximum Gasteiger partial charge on any atom is 0.274 e. The van der Waals surface area contributed by atoms with Crippen molar-refractivity contribution in [1.82, 2.24) is 5.48 Å². The average Bonchev–Trinajstić information content (AvgIpc) is 2.53. The zero-order valence-electron chi connectivity index (χ0n) is 11.5. The smallest absolute Gasteiger partial charge is 0.267 e. The van der Waals surface area contributed by atoms with E-state index >= 15 is 0 Å². The summed E-state index contributed by atoms with van der Waals surface area (Å²) in [6, 6.07) is 8.65. The Morgan fingerprint density at radius 3 is 2.71 bits per heavy atom. The number of nitrogens with one attached hydrogen (secondary N) is 1. The van der Waals surface area contributed by atoms with Gasteiger partial charge in [0.25, 0.3) is 5.91 Å². The minimum absolute atomic E-state index is 0.0836. The number of alkyl halides is 1. The third-order valence-electron chi connectivity index (χ3n) is 3.63. The molecule has 1 aromatic rings. The van der Waals surface area contributed by atoms with Gasteiger partial charge in [-0.2, -0.15) is 0 Å². The maximum absolute atomic E-state index is 12.4. The van der Waals surface area contributed by atoms with E-state index in [-0.39, 0.29) is 17.2 Å². The molecule has 0 saturated heterocycles. The number of halogens is 2. The van der Waals surface area contributed by atoms with Gasteiger partial charge in [-0.25, -0.2) is 5.48 Å². The molecule has 112 valence electrons. The van der Waals surface area contributed by atoms with Crippen LogP contribution in [0.5, 0.6) is 0 Å². The van der Waals surface area contributed by atoms with Crippen LogP contribution in [0, 0.1) is 18.0 Å². The first kappa shape index (κ1) is 15.8. The summed E-state index contributed by atoms with van der Waals surface area (Å²) in [7, 11) is 0. The lowest BCUT2D eigenvalue weighted by Gasteiger charge is -2.30. The van der Waals surface area contributed by atoms with Gasteiger partial charge in [-0.1, -0.05) is 31.0 Å². The van der Waals surface area contributed by atoms with Crippen LogP contribution in [0.2, 0.25) is 0 Å². The molecule has 1 N–H and O–H groups in total. The van der Waals surface area contributed by atoms with Crippen LogP contribution in [-0.4, -0.2) is 17.4 Å². The first-order chi connectivity index (χ1) is 10.2. The van der Waals surface area contributed by atoms with Crippen molar-refractivity contribution in [2.45, 2.75) is 37.2 Å². The van der Waals surface area contributed by atoms with Crippen molar-refractivity contribution in [3.8, 4) is 12.1 Å². The van der Waals surface area contributed by atoms with Crippen molar-refractivity contribution in [1.29, 1.82) is 0 Å². The number of amides is 1. The molecule has 2 rings (SSSR count). The van der Waals surface area contributed by atoms with Gasteiger partial charge < -0.3 is 0 Å². The highest BCUT2D eigenvalue weighted by atomic mass is 35.5. The minimum atomic E-state index is -0.731. The summed E-state index contributed by atoms with van der Waals surface area (Å²) in [5.74, 6) is 1.88. The highest BCUT2D eigenvalue weighted by Gasteiger charge is 2.31. The molecule has 5 heteroatoms. The summed E-state index contributed by atoms with van der Waals surface area (Å²) >= 11 is 6.26. The van der Waals surface area contributed by atoms with Gasteiger partial charge in [0.1, 0.15) is 6.17 Å². The molecule has 1 saturated carbocycles. The molecule has 0 radical (unpaired) electrons. The van der Waals surface area contributed by atoms with E-state index in [0.717, 1.165) is 25.7 Å². The lowest BCUT2D eigenvalue weighted by molar-refractivity contribution is -0.0211. The fourth-order valence-corrected chi connectivity index (χ4v) is 2.91. The predicted molar refractivity (Wildman–Crippen MR) is 79.3 cm³/mol. The summed E-state index contributed by atoms with van der Waals surface area (Å²) in [5.41, 5.74) is 2.80. The zero-order chi connectivity index (χ0) is 15.1. The number of hydrogen-bond acceptors (Lipinski definition) is 2. The number of benzene rings is 1. The quantitative estimate of drug-likeness (QED) is 0.525. The lowest BCUT2D eigenvalue weighted by atomic mass is 9.85. The van der Waals surface area contributed by atoms with E-state index in [0.29, 0.717) is 5.56 Å². The van der Waals surface area contributed by atoms with Crippen LogP contribution in [0.1, 0.15) is 36.0 Å². The van der Waals surface area contributed by atoms with Crippen molar-refractivity contribution in [2.24, 2.45) is 5.92 Å². The Bertz CT molecular complexity index is 526. The van der Waals surface area contributed by atoms with E-state index in [9.17, 15) is 9.18 Å². The highest BCUT2D eigenvalue weighted by molar-refractivity contribution is 6.20. The molecule has 1 amide bonds. The number of rotatable bonds is 4. The van der Waals surface area contributed by atoms with Gasteiger partial charge >= 0.3 is 0 Å². The van der Waals surface area contributed by atoms with Crippen LogP contribution in [-0.2, 0) is 4.84 Å². The van der Waals surface area contributed by atoms with Gasteiger partial charge in [-0.05, 0) is 30.9 Å². The molecule has 1 fully saturated rings. The van der Waals surface area contributed by atoms with Crippen LogP contribution in [0.3, 0.4) is 0 Å². The number of carbonyl (C=O) groups is 1. The molecule has 0 spiro atoms. The Balaban J connectivity index is 1.96. The van der Waals surface area contributed by atoms with Gasteiger partial charge in [0, 0.05) is 16.9 Å². The molecule has 0 heterocycles. The first-order valence-corrected chi connectivity index (χ1v) is 7.42. The fraction of sp³-hybridized carbons (Fsp3) is 0.438. The topological polar surface area (TPSA) is 38.3 Å². The Hall–Kier alpha value is -1.57. The Morgan fingerprint density at radius 2 is 2.05 bits per heavy atom. The van der Waals surface area contributed by atoms with Crippen LogP contribution >= 0.6 is 11.6 Å². The summed E-state index contributed by atoms with van der Waals surface area (Å²) < 4.78 is 12.4.